The minimum absolute atomic E-state index is 0.301. The maximum absolute atomic E-state index is 12.8. The number of nitrogens with one attached hydrogen (secondary N) is 1. The molecular formula is C14H24N2O2. The lowest BCUT2D eigenvalue weighted by Gasteiger charge is -2.44. The number of rotatable bonds is 1. The fourth-order valence-corrected chi connectivity index (χ4v) is 3.73. The predicted molar refractivity (Wildman–Crippen MR) is 69.4 cm³/mol. The van der Waals surface area contributed by atoms with Crippen LogP contribution in [0, 0.1) is 0 Å². The van der Waals surface area contributed by atoms with Gasteiger partial charge in [-0.25, -0.2) is 0 Å². The van der Waals surface area contributed by atoms with Gasteiger partial charge in [0.1, 0.15) is 0 Å². The quantitative estimate of drug-likeness (QED) is 0.765. The summed E-state index contributed by atoms with van der Waals surface area (Å²) in [4.78, 5) is 14.9. The van der Waals surface area contributed by atoms with Gasteiger partial charge in [0, 0.05) is 6.54 Å². The molecule has 0 aromatic heterocycles. The highest BCUT2D eigenvalue weighted by Gasteiger charge is 2.44. The summed E-state index contributed by atoms with van der Waals surface area (Å²) >= 11 is 0. The van der Waals surface area contributed by atoms with Crippen LogP contribution in [0.15, 0.2) is 0 Å². The first-order valence-electron chi connectivity index (χ1n) is 7.38. The number of hydrogen-bond donors (Lipinski definition) is 1. The van der Waals surface area contributed by atoms with E-state index < -0.39 is 0 Å². The van der Waals surface area contributed by atoms with Crippen molar-refractivity contribution < 1.29 is 9.53 Å². The zero-order chi connectivity index (χ0) is 12.6. The molecule has 1 N–H and O–H groups in total. The average Bonchev–Trinajstić information content (AvgIpc) is 2.87. The van der Waals surface area contributed by atoms with Gasteiger partial charge in [0.15, 0.2) is 0 Å². The number of piperidine rings is 1. The molecule has 1 aliphatic carbocycles. The van der Waals surface area contributed by atoms with E-state index in [0.717, 1.165) is 38.8 Å². The second-order valence-electron chi connectivity index (χ2n) is 6.12. The lowest BCUT2D eigenvalue weighted by Crippen LogP contribution is -2.63. The van der Waals surface area contributed by atoms with Crippen LogP contribution in [0.2, 0.25) is 0 Å². The standard InChI is InChI=1S/C14H24N2O2/c1-14(7-2-3-8-15-14)13(17)16-9-10-18-12-6-4-5-11(12)16/h11-12,15H,2-10H2,1H3. The third kappa shape index (κ3) is 2.05. The van der Waals surface area contributed by atoms with E-state index in [1.54, 1.807) is 0 Å². The molecule has 1 saturated carbocycles. The van der Waals surface area contributed by atoms with Gasteiger partial charge in [-0.05, 0) is 52.0 Å². The average molecular weight is 252 g/mol. The Kier molecular flexibility index (Phi) is 3.32. The smallest absolute Gasteiger partial charge is 0.243 e. The van der Waals surface area contributed by atoms with Crippen molar-refractivity contribution in [3.8, 4) is 0 Å². The molecule has 18 heavy (non-hydrogen) atoms. The largest absolute Gasteiger partial charge is 0.374 e. The van der Waals surface area contributed by atoms with Crippen LogP contribution in [0.4, 0.5) is 0 Å². The first-order chi connectivity index (χ1) is 8.71. The number of ether oxygens (including phenoxy) is 1. The van der Waals surface area contributed by atoms with Gasteiger partial charge in [0.25, 0.3) is 0 Å². The Morgan fingerprint density at radius 3 is 3.00 bits per heavy atom. The van der Waals surface area contributed by atoms with Crippen LogP contribution in [-0.2, 0) is 9.53 Å². The van der Waals surface area contributed by atoms with Gasteiger partial charge in [0.2, 0.25) is 5.91 Å². The van der Waals surface area contributed by atoms with Gasteiger partial charge in [-0.1, -0.05) is 0 Å². The lowest BCUT2D eigenvalue weighted by atomic mass is 9.88. The summed E-state index contributed by atoms with van der Waals surface area (Å²) < 4.78 is 5.79. The summed E-state index contributed by atoms with van der Waals surface area (Å²) in [6, 6.07) is 0.340. The van der Waals surface area contributed by atoms with Crippen molar-refractivity contribution in [1.29, 1.82) is 0 Å². The Bertz CT molecular complexity index is 326. The number of carbonyl (C=O) groups excluding carboxylic acids is 1. The van der Waals surface area contributed by atoms with E-state index in [2.05, 4.69) is 17.1 Å². The number of amides is 1. The van der Waals surface area contributed by atoms with E-state index in [0.29, 0.717) is 24.7 Å². The second-order valence-corrected chi connectivity index (χ2v) is 6.12. The molecule has 2 heterocycles. The molecular weight excluding hydrogens is 228 g/mol. The van der Waals surface area contributed by atoms with Crippen molar-refractivity contribution in [3.63, 3.8) is 0 Å². The van der Waals surface area contributed by atoms with Crippen molar-refractivity contribution in [3.05, 3.63) is 0 Å². The molecule has 3 unspecified atom stereocenters. The van der Waals surface area contributed by atoms with Crippen molar-refractivity contribution in [2.24, 2.45) is 0 Å². The number of hydrogen-bond acceptors (Lipinski definition) is 3. The molecule has 3 rings (SSSR count). The van der Waals surface area contributed by atoms with Crippen LogP contribution < -0.4 is 5.32 Å². The normalized spacial score (nSPS) is 40.6. The fraction of sp³-hybridized carbons (Fsp3) is 0.929. The Morgan fingerprint density at radius 2 is 2.22 bits per heavy atom. The molecule has 3 fully saturated rings. The van der Waals surface area contributed by atoms with Crippen LogP contribution in [0.25, 0.3) is 0 Å². The molecule has 102 valence electrons. The number of nitrogens with zero attached hydrogens (tertiary/aromatic N) is 1. The number of carbonyl (C=O) groups is 1. The minimum atomic E-state index is -0.331. The molecule has 3 aliphatic rings. The maximum atomic E-state index is 12.8. The molecule has 2 aliphatic heterocycles. The summed E-state index contributed by atoms with van der Waals surface area (Å²) in [5.74, 6) is 0.308. The molecule has 0 aromatic carbocycles. The molecule has 0 spiro atoms. The Morgan fingerprint density at radius 1 is 1.33 bits per heavy atom. The van der Waals surface area contributed by atoms with Crippen LogP contribution >= 0.6 is 0 Å². The fourth-order valence-electron chi connectivity index (χ4n) is 3.73. The highest BCUT2D eigenvalue weighted by molar-refractivity contribution is 5.86. The summed E-state index contributed by atoms with van der Waals surface area (Å²) in [6.07, 6.45) is 7.07. The van der Waals surface area contributed by atoms with Gasteiger partial charge in [-0.3, -0.25) is 4.79 Å². The Labute approximate surface area is 109 Å². The zero-order valence-corrected chi connectivity index (χ0v) is 11.3. The van der Waals surface area contributed by atoms with Gasteiger partial charge < -0.3 is 15.0 Å². The molecule has 2 saturated heterocycles. The van der Waals surface area contributed by atoms with Crippen LogP contribution in [-0.4, -0.2) is 48.2 Å². The van der Waals surface area contributed by atoms with Crippen LogP contribution in [0.5, 0.6) is 0 Å². The number of morpholine rings is 1. The van der Waals surface area contributed by atoms with Crippen molar-refractivity contribution in [1.82, 2.24) is 10.2 Å². The van der Waals surface area contributed by atoms with Crippen LogP contribution in [0.1, 0.15) is 45.4 Å². The van der Waals surface area contributed by atoms with Crippen molar-refractivity contribution >= 4 is 5.91 Å². The Hall–Kier alpha value is -0.610. The first-order valence-corrected chi connectivity index (χ1v) is 7.38. The molecule has 0 radical (unpaired) electrons. The van der Waals surface area contributed by atoms with Crippen molar-refractivity contribution in [2.45, 2.75) is 63.1 Å². The first kappa shape index (κ1) is 12.4. The number of fused-ring (bicyclic) bond motifs is 1. The van der Waals surface area contributed by atoms with E-state index in [9.17, 15) is 4.79 Å². The van der Waals surface area contributed by atoms with E-state index >= 15 is 0 Å². The summed E-state index contributed by atoms with van der Waals surface area (Å²) in [6.45, 7) is 4.54. The highest BCUT2D eigenvalue weighted by Crippen LogP contribution is 2.32. The summed E-state index contributed by atoms with van der Waals surface area (Å²) in [7, 11) is 0. The van der Waals surface area contributed by atoms with Gasteiger partial charge in [-0.15, -0.1) is 0 Å². The molecule has 4 heteroatoms. The van der Waals surface area contributed by atoms with Crippen molar-refractivity contribution in [2.75, 3.05) is 19.7 Å². The van der Waals surface area contributed by atoms with E-state index in [1.807, 2.05) is 0 Å². The maximum Gasteiger partial charge on any atom is 0.243 e. The Balaban J connectivity index is 1.74. The molecule has 3 atom stereocenters. The summed E-state index contributed by atoms with van der Waals surface area (Å²) in [5.41, 5.74) is -0.331. The van der Waals surface area contributed by atoms with E-state index in [1.165, 1.54) is 12.8 Å². The van der Waals surface area contributed by atoms with E-state index in [4.69, 9.17) is 4.74 Å². The summed E-state index contributed by atoms with van der Waals surface area (Å²) in [5, 5.41) is 3.44. The van der Waals surface area contributed by atoms with Gasteiger partial charge in [0.05, 0.1) is 24.3 Å². The van der Waals surface area contributed by atoms with Gasteiger partial charge in [-0.2, -0.15) is 0 Å². The topological polar surface area (TPSA) is 41.6 Å². The zero-order valence-electron chi connectivity index (χ0n) is 11.3. The third-order valence-electron chi connectivity index (χ3n) is 4.83. The SMILES string of the molecule is CC1(C(=O)N2CCOC3CCCC32)CCCCN1. The van der Waals surface area contributed by atoms with Gasteiger partial charge >= 0.3 is 0 Å². The minimum Gasteiger partial charge on any atom is -0.374 e. The molecule has 1 amide bonds. The second kappa shape index (κ2) is 4.82. The molecule has 0 aromatic rings. The monoisotopic (exact) mass is 252 g/mol. The molecule has 0 bridgehead atoms. The van der Waals surface area contributed by atoms with E-state index in [-0.39, 0.29) is 5.54 Å². The predicted octanol–water partition coefficient (Wildman–Crippen LogP) is 1.30. The highest BCUT2D eigenvalue weighted by atomic mass is 16.5. The molecule has 4 nitrogen and oxygen atoms in total. The van der Waals surface area contributed by atoms with Crippen LogP contribution in [0.3, 0.4) is 0 Å². The third-order valence-corrected chi connectivity index (χ3v) is 4.83. The lowest BCUT2D eigenvalue weighted by molar-refractivity contribution is -0.151.